The number of imide groups is 1. The second kappa shape index (κ2) is 9.13. The van der Waals surface area contributed by atoms with Crippen LogP contribution in [-0.2, 0) is 14.4 Å². The summed E-state index contributed by atoms with van der Waals surface area (Å²) < 4.78 is 16.7. The molecule has 0 spiro atoms. The van der Waals surface area contributed by atoms with Gasteiger partial charge in [0.1, 0.15) is 12.0 Å². The highest BCUT2D eigenvalue weighted by Crippen LogP contribution is 2.52. The molecule has 0 saturated carbocycles. The van der Waals surface area contributed by atoms with Gasteiger partial charge in [-0.2, -0.15) is 0 Å². The summed E-state index contributed by atoms with van der Waals surface area (Å²) in [6.07, 6.45) is -1.02. The average Bonchev–Trinajstić information content (AvgIpc) is 3.39. The number of carbonyl (C=O) groups is 2. The number of ether oxygens (including phenoxy) is 3. The van der Waals surface area contributed by atoms with Crippen molar-refractivity contribution in [2.75, 3.05) is 31.3 Å². The van der Waals surface area contributed by atoms with Crippen LogP contribution < -0.4 is 24.2 Å². The molecule has 0 aliphatic carbocycles. The smallest absolute Gasteiger partial charge is 0.266 e. The Labute approximate surface area is 207 Å². The number of hydroxylamine groups is 1. The van der Waals surface area contributed by atoms with Crippen molar-refractivity contribution in [1.29, 1.82) is 0 Å². The van der Waals surface area contributed by atoms with E-state index in [4.69, 9.17) is 30.6 Å². The van der Waals surface area contributed by atoms with Crippen LogP contribution in [0, 0.1) is 5.92 Å². The zero-order chi connectivity index (χ0) is 24.7. The fraction of sp³-hybridized carbons (Fsp3) is 0.231. The Morgan fingerprint density at radius 3 is 2.17 bits per heavy atom. The number of halogens is 1. The van der Waals surface area contributed by atoms with Gasteiger partial charge in [0.25, 0.3) is 5.91 Å². The van der Waals surface area contributed by atoms with Gasteiger partial charge in [0.15, 0.2) is 17.6 Å². The van der Waals surface area contributed by atoms with E-state index in [2.05, 4.69) is 0 Å². The van der Waals surface area contributed by atoms with Gasteiger partial charge in [-0.3, -0.25) is 14.4 Å². The molecule has 2 heterocycles. The van der Waals surface area contributed by atoms with Crippen molar-refractivity contribution in [2.24, 2.45) is 5.92 Å². The first kappa shape index (κ1) is 23.0. The van der Waals surface area contributed by atoms with Crippen LogP contribution in [0.2, 0.25) is 5.02 Å². The Morgan fingerprint density at radius 2 is 1.51 bits per heavy atom. The molecule has 0 radical (unpaired) electrons. The van der Waals surface area contributed by atoms with E-state index < -0.39 is 24.0 Å². The molecule has 3 aromatic carbocycles. The highest BCUT2D eigenvalue weighted by atomic mass is 35.5. The molecule has 0 unspecified atom stereocenters. The Balaban J connectivity index is 1.66. The van der Waals surface area contributed by atoms with E-state index in [1.165, 1.54) is 21.3 Å². The zero-order valence-corrected chi connectivity index (χ0v) is 20.1. The molecule has 0 N–H and O–H groups in total. The first-order valence-corrected chi connectivity index (χ1v) is 11.3. The molecule has 35 heavy (non-hydrogen) atoms. The minimum atomic E-state index is -1.02. The third kappa shape index (κ3) is 3.66. The highest BCUT2D eigenvalue weighted by Gasteiger charge is 2.61. The van der Waals surface area contributed by atoms with Crippen molar-refractivity contribution in [3.63, 3.8) is 0 Å². The fourth-order valence-corrected chi connectivity index (χ4v) is 4.94. The van der Waals surface area contributed by atoms with Gasteiger partial charge in [-0.05, 0) is 42.5 Å². The molecule has 3 atom stereocenters. The van der Waals surface area contributed by atoms with E-state index in [1.807, 2.05) is 30.3 Å². The molecule has 2 saturated heterocycles. The lowest BCUT2D eigenvalue weighted by Crippen LogP contribution is -2.37. The standard InChI is InChI=1S/C26H23ClN2O6/c1-32-19-13-12-18(22(33-2)23(19)34-3)21-20-24(35-29(21)16-9-5-4-6-10-16)26(31)28(25(20)30)17-11-7-8-15(27)14-17/h4-14,20-21,24H,1-3H3/t20-,21+,24-/m0/s1. The van der Waals surface area contributed by atoms with E-state index in [9.17, 15) is 9.59 Å². The predicted octanol–water partition coefficient (Wildman–Crippen LogP) is 4.42. The second-order valence-electron chi connectivity index (χ2n) is 8.07. The van der Waals surface area contributed by atoms with Crippen molar-refractivity contribution < 1.29 is 28.6 Å². The SMILES string of the molecule is COc1ccc([C@@H]2[C@@H]3C(=O)N(c4cccc(Cl)c4)C(=O)[C@H]3ON2c2ccccc2)c(OC)c1OC. The number of amides is 2. The number of fused-ring (bicyclic) bond motifs is 1. The topological polar surface area (TPSA) is 77.5 Å². The molecular formula is C26H23ClN2O6. The van der Waals surface area contributed by atoms with Crippen molar-refractivity contribution >= 4 is 34.8 Å². The first-order valence-electron chi connectivity index (χ1n) is 10.9. The van der Waals surface area contributed by atoms with Crippen molar-refractivity contribution in [1.82, 2.24) is 0 Å². The van der Waals surface area contributed by atoms with Gasteiger partial charge in [-0.25, -0.2) is 9.96 Å². The number of para-hydroxylation sites is 1. The average molecular weight is 495 g/mol. The molecular weight excluding hydrogens is 472 g/mol. The van der Waals surface area contributed by atoms with Crippen molar-refractivity contribution in [3.05, 3.63) is 77.3 Å². The summed E-state index contributed by atoms with van der Waals surface area (Å²) in [4.78, 5) is 34.6. The maximum Gasteiger partial charge on any atom is 0.266 e. The van der Waals surface area contributed by atoms with Gasteiger partial charge < -0.3 is 14.2 Å². The first-order chi connectivity index (χ1) is 17.0. The summed E-state index contributed by atoms with van der Waals surface area (Å²) >= 11 is 6.14. The van der Waals surface area contributed by atoms with Crippen LogP contribution in [0.5, 0.6) is 17.2 Å². The summed E-state index contributed by atoms with van der Waals surface area (Å²) in [7, 11) is 4.56. The summed E-state index contributed by atoms with van der Waals surface area (Å²) in [6.45, 7) is 0. The fourth-order valence-electron chi connectivity index (χ4n) is 4.76. The van der Waals surface area contributed by atoms with Crippen LogP contribution in [0.3, 0.4) is 0 Å². The normalized spacial score (nSPS) is 21.3. The molecule has 2 amide bonds. The number of carbonyl (C=O) groups excluding carboxylic acids is 2. The van der Waals surface area contributed by atoms with Gasteiger partial charge >= 0.3 is 0 Å². The third-order valence-electron chi connectivity index (χ3n) is 6.25. The molecule has 0 aromatic heterocycles. The monoisotopic (exact) mass is 494 g/mol. The molecule has 9 heteroatoms. The minimum Gasteiger partial charge on any atom is -0.493 e. The quantitative estimate of drug-likeness (QED) is 0.469. The Bertz CT molecular complexity index is 1280. The van der Waals surface area contributed by atoms with Crippen LogP contribution in [0.1, 0.15) is 11.6 Å². The summed E-state index contributed by atoms with van der Waals surface area (Å²) in [5.41, 5.74) is 1.71. The molecule has 2 fully saturated rings. The zero-order valence-electron chi connectivity index (χ0n) is 19.3. The van der Waals surface area contributed by atoms with E-state index in [0.29, 0.717) is 39.2 Å². The number of rotatable bonds is 6. The number of benzene rings is 3. The lowest BCUT2D eigenvalue weighted by atomic mass is 9.89. The Hall–Kier alpha value is -3.75. The number of nitrogens with zero attached hydrogens (tertiary/aromatic N) is 2. The molecule has 8 nitrogen and oxygen atoms in total. The summed E-state index contributed by atoms with van der Waals surface area (Å²) in [6, 6.07) is 18.8. The lowest BCUT2D eigenvalue weighted by molar-refractivity contribution is -0.126. The Kier molecular flexibility index (Phi) is 6.00. The van der Waals surface area contributed by atoms with Crippen molar-refractivity contribution in [3.8, 4) is 17.2 Å². The van der Waals surface area contributed by atoms with Gasteiger partial charge in [-0.15, -0.1) is 0 Å². The number of hydrogen-bond acceptors (Lipinski definition) is 7. The summed E-state index contributed by atoms with van der Waals surface area (Å²) in [5.74, 6) is -0.429. The van der Waals surface area contributed by atoms with E-state index in [0.717, 1.165) is 4.90 Å². The van der Waals surface area contributed by atoms with Gasteiger partial charge in [0.05, 0.1) is 32.7 Å². The minimum absolute atomic E-state index is 0.382. The third-order valence-corrected chi connectivity index (χ3v) is 6.48. The maximum atomic E-state index is 13.8. The van der Waals surface area contributed by atoms with Crippen LogP contribution >= 0.6 is 11.6 Å². The number of methoxy groups -OCH3 is 3. The molecule has 5 rings (SSSR count). The molecule has 180 valence electrons. The van der Waals surface area contributed by atoms with Crippen LogP contribution in [0.15, 0.2) is 66.7 Å². The van der Waals surface area contributed by atoms with Crippen LogP contribution in [-0.4, -0.2) is 39.2 Å². The predicted molar refractivity (Wildman–Crippen MR) is 130 cm³/mol. The van der Waals surface area contributed by atoms with Gasteiger partial charge in [-0.1, -0.05) is 35.9 Å². The molecule has 2 aliphatic heterocycles. The van der Waals surface area contributed by atoms with E-state index >= 15 is 0 Å². The van der Waals surface area contributed by atoms with Gasteiger partial charge in [0, 0.05) is 10.6 Å². The summed E-state index contributed by atoms with van der Waals surface area (Å²) in [5, 5.41) is 2.02. The number of anilines is 2. The van der Waals surface area contributed by atoms with Crippen LogP contribution in [0.25, 0.3) is 0 Å². The van der Waals surface area contributed by atoms with Gasteiger partial charge in [0.2, 0.25) is 11.7 Å². The van der Waals surface area contributed by atoms with E-state index in [-0.39, 0.29) is 5.91 Å². The second-order valence-corrected chi connectivity index (χ2v) is 8.51. The highest BCUT2D eigenvalue weighted by molar-refractivity contribution is 6.31. The lowest BCUT2D eigenvalue weighted by Gasteiger charge is -2.30. The largest absolute Gasteiger partial charge is 0.493 e. The molecule has 2 aliphatic rings. The Morgan fingerprint density at radius 1 is 0.800 bits per heavy atom. The van der Waals surface area contributed by atoms with E-state index in [1.54, 1.807) is 41.5 Å². The maximum absolute atomic E-state index is 13.8. The molecule has 3 aromatic rings. The van der Waals surface area contributed by atoms with Crippen LogP contribution in [0.4, 0.5) is 11.4 Å². The number of hydrogen-bond donors (Lipinski definition) is 0. The molecule has 0 bridgehead atoms. The van der Waals surface area contributed by atoms with Crippen molar-refractivity contribution in [2.45, 2.75) is 12.1 Å².